The highest BCUT2D eigenvalue weighted by Gasteiger charge is 2.24. The Hall–Kier alpha value is -1.35. The molecule has 6 nitrogen and oxygen atoms in total. The molecular formula is C25H42IN5O. The first-order chi connectivity index (χ1) is 15.0. The van der Waals surface area contributed by atoms with Crippen LogP contribution in [-0.4, -0.2) is 73.0 Å². The van der Waals surface area contributed by atoms with Crippen LogP contribution >= 0.6 is 24.0 Å². The van der Waals surface area contributed by atoms with E-state index in [1.54, 1.807) is 0 Å². The number of hydrogen-bond donors (Lipinski definition) is 2. The average molecular weight is 556 g/mol. The number of carbonyl (C=O) groups is 1. The summed E-state index contributed by atoms with van der Waals surface area (Å²) in [5.41, 5.74) is 1.40. The van der Waals surface area contributed by atoms with Gasteiger partial charge in [0.05, 0.1) is 0 Å². The number of aliphatic imine (C=N–C) groups is 1. The molecule has 0 saturated carbocycles. The van der Waals surface area contributed by atoms with E-state index in [0.717, 1.165) is 70.8 Å². The highest BCUT2D eigenvalue weighted by Crippen LogP contribution is 2.21. The lowest BCUT2D eigenvalue weighted by molar-refractivity contribution is -0.130. The Kier molecular flexibility index (Phi) is 11.8. The van der Waals surface area contributed by atoms with Gasteiger partial charge in [-0.3, -0.25) is 4.79 Å². The van der Waals surface area contributed by atoms with E-state index in [9.17, 15) is 4.79 Å². The maximum atomic E-state index is 12.7. The average Bonchev–Trinajstić information content (AvgIpc) is 2.79. The number of rotatable bonds is 7. The molecular weight excluding hydrogens is 513 g/mol. The van der Waals surface area contributed by atoms with Gasteiger partial charge in [0.15, 0.2) is 5.96 Å². The van der Waals surface area contributed by atoms with Crippen molar-refractivity contribution in [3.05, 3.63) is 35.9 Å². The SMILES string of the molecule is CCNC(=NCC(=O)N1CCC(Cc2ccccc2)CC1)NC1CCN(C(C)C)CC1.I. The lowest BCUT2D eigenvalue weighted by Gasteiger charge is -2.35. The van der Waals surface area contributed by atoms with Gasteiger partial charge in [0.1, 0.15) is 6.54 Å². The number of nitrogens with zero attached hydrogens (tertiary/aromatic N) is 3. The first-order valence-corrected chi connectivity index (χ1v) is 12.2. The van der Waals surface area contributed by atoms with Gasteiger partial charge in [-0.05, 0) is 64.4 Å². The summed E-state index contributed by atoms with van der Waals surface area (Å²) in [6, 6.07) is 11.7. The van der Waals surface area contributed by atoms with Crippen LogP contribution in [0.4, 0.5) is 0 Å². The van der Waals surface area contributed by atoms with E-state index >= 15 is 0 Å². The molecule has 0 bridgehead atoms. The molecule has 0 radical (unpaired) electrons. The molecule has 7 heteroatoms. The number of guanidine groups is 1. The quantitative estimate of drug-likeness (QED) is 0.307. The van der Waals surface area contributed by atoms with E-state index in [-0.39, 0.29) is 36.4 Å². The Bertz CT molecular complexity index is 696. The fourth-order valence-corrected chi connectivity index (χ4v) is 4.65. The molecule has 0 spiro atoms. The highest BCUT2D eigenvalue weighted by atomic mass is 127. The third kappa shape index (κ3) is 8.54. The molecule has 1 aromatic carbocycles. The summed E-state index contributed by atoms with van der Waals surface area (Å²) in [5.74, 6) is 1.59. The van der Waals surface area contributed by atoms with E-state index in [2.05, 4.69) is 71.6 Å². The van der Waals surface area contributed by atoms with Gasteiger partial charge in [-0.2, -0.15) is 0 Å². The molecule has 2 aliphatic rings. The summed E-state index contributed by atoms with van der Waals surface area (Å²) in [7, 11) is 0. The minimum atomic E-state index is 0. The van der Waals surface area contributed by atoms with Crippen LogP contribution in [0.3, 0.4) is 0 Å². The molecule has 180 valence electrons. The predicted octanol–water partition coefficient (Wildman–Crippen LogP) is 3.51. The zero-order valence-corrected chi connectivity index (χ0v) is 22.4. The second-order valence-electron chi connectivity index (χ2n) is 9.26. The van der Waals surface area contributed by atoms with Crippen LogP contribution in [0.2, 0.25) is 0 Å². The largest absolute Gasteiger partial charge is 0.357 e. The van der Waals surface area contributed by atoms with Gasteiger partial charge < -0.3 is 20.4 Å². The minimum Gasteiger partial charge on any atom is -0.357 e. The summed E-state index contributed by atoms with van der Waals surface area (Å²) < 4.78 is 0. The van der Waals surface area contributed by atoms with Crippen molar-refractivity contribution >= 4 is 35.8 Å². The standard InChI is InChI=1S/C25H41N5O.HI/c1-4-26-25(28-23-12-16-29(17-13-23)20(2)3)27-19-24(31)30-14-10-22(11-15-30)18-21-8-6-5-7-9-21;/h5-9,20,22-23H,4,10-19H2,1-3H3,(H2,26,27,28);1H. The Morgan fingerprint density at radius 3 is 2.31 bits per heavy atom. The van der Waals surface area contributed by atoms with Crippen LogP contribution in [0.25, 0.3) is 0 Å². The van der Waals surface area contributed by atoms with E-state index in [4.69, 9.17) is 0 Å². The summed E-state index contributed by atoms with van der Waals surface area (Å²) in [6.45, 7) is 11.5. The molecule has 0 aromatic heterocycles. The zero-order valence-electron chi connectivity index (χ0n) is 20.1. The Morgan fingerprint density at radius 2 is 1.72 bits per heavy atom. The van der Waals surface area contributed by atoms with Crippen LogP contribution in [-0.2, 0) is 11.2 Å². The van der Waals surface area contributed by atoms with Crippen molar-refractivity contribution in [2.24, 2.45) is 10.9 Å². The zero-order chi connectivity index (χ0) is 22.1. The number of nitrogens with one attached hydrogen (secondary N) is 2. The molecule has 1 amide bonds. The molecule has 2 fully saturated rings. The van der Waals surface area contributed by atoms with Crippen molar-refractivity contribution in [3.8, 4) is 0 Å². The van der Waals surface area contributed by atoms with E-state index < -0.39 is 0 Å². The van der Waals surface area contributed by atoms with Gasteiger partial charge in [-0.1, -0.05) is 30.3 Å². The Balaban J connectivity index is 0.00000363. The normalized spacial score (nSPS) is 19.0. The van der Waals surface area contributed by atoms with E-state index in [1.807, 2.05) is 4.90 Å². The predicted molar refractivity (Wildman–Crippen MR) is 144 cm³/mol. The topological polar surface area (TPSA) is 60.0 Å². The van der Waals surface area contributed by atoms with Crippen molar-refractivity contribution in [2.75, 3.05) is 39.3 Å². The number of halogens is 1. The molecule has 0 unspecified atom stereocenters. The summed E-state index contributed by atoms with van der Waals surface area (Å²) >= 11 is 0. The minimum absolute atomic E-state index is 0. The molecule has 2 heterocycles. The first kappa shape index (κ1) is 26.9. The third-order valence-corrected chi connectivity index (χ3v) is 6.65. The monoisotopic (exact) mass is 555 g/mol. The summed E-state index contributed by atoms with van der Waals surface area (Å²) in [4.78, 5) is 21.9. The van der Waals surface area contributed by atoms with Crippen molar-refractivity contribution in [1.29, 1.82) is 0 Å². The fourth-order valence-electron chi connectivity index (χ4n) is 4.65. The molecule has 2 saturated heterocycles. The maximum absolute atomic E-state index is 12.7. The number of benzene rings is 1. The lowest BCUT2D eigenvalue weighted by Crippen LogP contribution is -2.50. The third-order valence-electron chi connectivity index (χ3n) is 6.65. The van der Waals surface area contributed by atoms with Gasteiger partial charge in [0, 0.05) is 44.8 Å². The van der Waals surface area contributed by atoms with Gasteiger partial charge in [0.25, 0.3) is 0 Å². The smallest absolute Gasteiger partial charge is 0.244 e. The molecule has 2 aliphatic heterocycles. The fraction of sp³-hybridized carbons (Fsp3) is 0.680. The second kappa shape index (κ2) is 14.0. The van der Waals surface area contributed by atoms with Crippen LogP contribution in [0, 0.1) is 5.92 Å². The van der Waals surface area contributed by atoms with E-state index in [0.29, 0.717) is 18.0 Å². The van der Waals surface area contributed by atoms with Gasteiger partial charge in [-0.25, -0.2) is 4.99 Å². The van der Waals surface area contributed by atoms with Gasteiger partial charge in [-0.15, -0.1) is 24.0 Å². The van der Waals surface area contributed by atoms with Crippen molar-refractivity contribution in [3.63, 3.8) is 0 Å². The number of piperidine rings is 2. The first-order valence-electron chi connectivity index (χ1n) is 12.2. The van der Waals surface area contributed by atoms with Crippen LogP contribution in [0.1, 0.15) is 52.0 Å². The summed E-state index contributed by atoms with van der Waals surface area (Å²) in [6.07, 6.45) is 5.51. The van der Waals surface area contributed by atoms with Crippen LogP contribution in [0.15, 0.2) is 35.3 Å². The maximum Gasteiger partial charge on any atom is 0.244 e. The van der Waals surface area contributed by atoms with Gasteiger partial charge in [0.2, 0.25) is 5.91 Å². The van der Waals surface area contributed by atoms with Crippen LogP contribution < -0.4 is 10.6 Å². The van der Waals surface area contributed by atoms with Crippen LogP contribution in [0.5, 0.6) is 0 Å². The molecule has 0 atom stereocenters. The van der Waals surface area contributed by atoms with Gasteiger partial charge >= 0.3 is 0 Å². The molecule has 32 heavy (non-hydrogen) atoms. The lowest BCUT2D eigenvalue weighted by atomic mass is 9.90. The number of amides is 1. The second-order valence-corrected chi connectivity index (χ2v) is 9.26. The highest BCUT2D eigenvalue weighted by molar-refractivity contribution is 14.0. The number of hydrogen-bond acceptors (Lipinski definition) is 3. The van der Waals surface area contributed by atoms with Crippen molar-refractivity contribution in [1.82, 2.24) is 20.4 Å². The molecule has 3 rings (SSSR count). The molecule has 0 aliphatic carbocycles. The van der Waals surface area contributed by atoms with E-state index in [1.165, 1.54) is 5.56 Å². The Morgan fingerprint density at radius 1 is 1.06 bits per heavy atom. The summed E-state index contributed by atoms with van der Waals surface area (Å²) in [5, 5.41) is 6.86. The van der Waals surface area contributed by atoms with Crippen molar-refractivity contribution < 1.29 is 4.79 Å². The number of likely N-dealkylation sites (tertiary alicyclic amines) is 2. The molecule has 2 N–H and O–H groups in total. The van der Waals surface area contributed by atoms with Crippen molar-refractivity contribution in [2.45, 2.75) is 65.0 Å². The Labute approximate surface area is 211 Å². The number of carbonyl (C=O) groups excluding carboxylic acids is 1. The molecule has 1 aromatic rings.